The number of hydrogen-bond acceptors (Lipinski definition) is 3. The first kappa shape index (κ1) is 26.4. The maximum Gasteiger partial charge on any atom is 0.419 e. The number of nitrogens with two attached hydrogens (primary N) is 1. The van der Waals surface area contributed by atoms with Crippen LogP contribution in [0.25, 0.3) is 0 Å². The summed E-state index contributed by atoms with van der Waals surface area (Å²) in [6, 6.07) is 8.56. The number of nitrogens with one attached hydrogen (secondary N) is 2. The molecule has 3 aromatic carbocycles. The van der Waals surface area contributed by atoms with E-state index in [0.29, 0.717) is 12.1 Å². The molecule has 13 heteroatoms. The fourth-order valence-electron chi connectivity index (χ4n) is 3.03. The van der Waals surface area contributed by atoms with E-state index in [-0.39, 0.29) is 33.3 Å². The second kappa shape index (κ2) is 10.6. The van der Waals surface area contributed by atoms with E-state index in [1.807, 2.05) is 0 Å². The smallest absolute Gasteiger partial charge is 0.419 e. The van der Waals surface area contributed by atoms with E-state index >= 15 is 0 Å². The molecule has 0 atom stereocenters. The Balaban J connectivity index is 1.78. The molecule has 7 nitrogen and oxygen atoms in total. The van der Waals surface area contributed by atoms with Crippen LogP contribution in [-0.2, 0) is 6.18 Å². The second-order valence-corrected chi connectivity index (χ2v) is 7.49. The zero-order valence-corrected chi connectivity index (χ0v) is 19.0. The van der Waals surface area contributed by atoms with Crippen molar-refractivity contribution in [1.29, 1.82) is 0 Å². The molecule has 188 valence electrons. The van der Waals surface area contributed by atoms with Gasteiger partial charge in [-0.15, -0.1) is 0 Å². The number of methoxy groups -OCH3 is 1. The van der Waals surface area contributed by atoms with Crippen molar-refractivity contribution in [1.82, 2.24) is 0 Å². The Morgan fingerprint density at radius 3 is 2.28 bits per heavy atom. The van der Waals surface area contributed by atoms with E-state index in [4.69, 9.17) is 22.1 Å². The van der Waals surface area contributed by atoms with Crippen LogP contribution < -0.4 is 21.1 Å². The van der Waals surface area contributed by atoms with Gasteiger partial charge in [-0.2, -0.15) is 18.2 Å². The van der Waals surface area contributed by atoms with E-state index < -0.39 is 41.1 Å². The van der Waals surface area contributed by atoms with E-state index in [1.54, 1.807) is 0 Å². The van der Waals surface area contributed by atoms with Gasteiger partial charge in [0.05, 0.1) is 28.8 Å². The number of aliphatic imine (C=N–C) groups is 1. The van der Waals surface area contributed by atoms with Crippen LogP contribution in [0, 0.1) is 11.6 Å². The van der Waals surface area contributed by atoms with Gasteiger partial charge in [0.25, 0.3) is 5.91 Å². The van der Waals surface area contributed by atoms with Crippen LogP contribution in [0.2, 0.25) is 5.02 Å². The molecule has 4 N–H and O–H groups in total. The van der Waals surface area contributed by atoms with Gasteiger partial charge in [-0.1, -0.05) is 17.7 Å². The molecule has 0 radical (unpaired) electrons. The third kappa shape index (κ3) is 6.08. The number of rotatable bonds is 5. The second-order valence-electron chi connectivity index (χ2n) is 7.09. The van der Waals surface area contributed by atoms with E-state index in [1.165, 1.54) is 37.4 Å². The fourth-order valence-corrected chi connectivity index (χ4v) is 3.29. The Labute approximate surface area is 205 Å². The number of halogens is 6. The Morgan fingerprint density at radius 2 is 1.64 bits per heavy atom. The molecule has 3 aromatic rings. The molecule has 0 fully saturated rings. The monoisotopic (exact) mass is 526 g/mol. The Hall–Kier alpha value is -4.19. The van der Waals surface area contributed by atoms with Gasteiger partial charge in [0, 0.05) is 17.4 Å². The molecule has 0 heterocycles. The fraction of sp³-hybridized carbons (Fsp3) is 0.0870. The minimum absolute atomic E-state index is 0.0513. The molecule has 0 saturated heterocycles. The van der Waals surface area contributed by atoms with Gasteiger partial charge in [0.2, 0.25) is 0 Å². The Morgan fingerprint density at radius 1 is 0.972 bits per heavy atom. The number of benzene rings is 3. The lowest BCUT2D eigenvalue weighted by Crippen LogP contribution is -2.20. The molecule has 0 spiro atoms. The molecule has 0 unspecified atom stereocenters. The first-order chi connectivity index (χ1) is 16.9. The zero-order valence-electron chi connectivity index (χ0n) is 18.2. The summed E-state index contributed by atoms with van der Waals surface area (Å²) in [4.78, 5) is 28.4. The van der Waals surface area contributed by atoms with Crippen molar-refractivity contribution in [2.45, 2.75) is 6.18 Å². The van der Waals surface area contributed by atoms with Crippen molar-refractivity contribution in [2.24, 2.45) is 10.7 Å². The van der Waals surface area contributed by atoms with Crippen LogP contribution in [-0.4, -0.2) is 24.9 Å². The molecular weight excluding hydrogens is 511 g/mol. The highest BCUT2D eigenvalue weighted by Gasteiger charge is 2.34. The van der Waals surface area contributed by atoms with Gasteiger partial charge in [0.1, 0.15) is 23.2 Å². The number of alkyl halides is 3. The third-order valence-corrected chi connectivity index (χ3v) is 4.98. The molecular formula is C23H16ClF5N4O3. The normalized spacial score (nSPS) is 11.7. The van der Waals surface area contributed by atoms with Crippen molar-refractivity contribution in [3.8, 4) is 5.75 Å². The van der Waals surface area contributed by atoms with Crippen LogP contribution in [0.15, 0.2) is 59.6 Å². The van der Waals surface area contributed by atoms with Crippen LogP contribution >= 0.6 is 11.6 Å². The number of amidine groups is 1. The average molecular weight is 527 g/mol. The first-order valence-corrected chi connectivity index (χ1v) is 10.2. The van der Waals surface area contributed by atoms with Crippen LogP contribution in [0.3, 0.4) is 0 Å². The highest BCUT2D eigenvalue weighted by atomic mass is 35.5. The summed E-state index contributed by atoms with van der Waals surface area (Å²) in [6.07, 6.45) is -4.95. The molecule has 0 aromatic heterocycles. The molecule has 0 aliphatic rings. The number of carbonyl (C=O) groups excluding carboxylic acids is 2. The molecule has 0 saturated carbocycles. The lowest BCUT2D eigenvalue weighted by Gasteiger charge is -2.13. The predicted molar refractivity (Wildman–Crippen MR) is 124 cm³/mol. The highest BCUT2D eigenvalue weighted by Crippen LogP contribution is 2.33. The Kier molecular flexibility index (Phi) is 7.78. The van der Waals surface area contributed by atoms with Gasteiger partial charge in [0.15, 0.2) is 0 Å². The maximum absolute atomic E-state index is 13.9. The third-order valence-electron chi connectivity index (χ3n) is 4.67. The topological polar surface area (TPSA) is 106 Å². The predicted octanol–water partition coefficient (Wildman–Crippen LogP) is 5.84. The van der Waals surface area contributed by atoms with Crippen molar-refractivity contribution in [3.05, 3.63) is 87.9 Å². The number of carbonyl (C=O) groups is 2. The van der Waals surface area contributed by atoms with Crippen LogP contribution in [0.5, 0.6) is 5.75 Å². The molecule has 0 bridgehead atoms. The summed E-state index contributed by atoms with van der Waals surface area (Å²) >= 11 is 5.89. The van der Waals surface area contributed by atoms with Gasteiger partial charge in [-0.25, -0.2) is 13.6 Å². The molecule has 3 amide bonds. The number of anilines is 2. The quantitative estimate of drug-likeness (QED) is 0.221. The SMILES string of the molecule is COc1cc(NC(=O)/N=C(\N)c2c(F)cccc2Cl)ccc1C(=O)Nc1ccc(F)c(C(F)(F)F)c1. The van der Waals surface area contributed by atoms with Crippen molar-refractivity contribution >= 4 is 40.7 Å². The maximum atomic E-state index is 13.9. The van der Waals surface area contributed by atoms with Gasteiger partial charge in [-0.3, -0.25) is 4.79 Å². The van der Waals surface area contributed by atoms with Crippen LogP contribution in [0.4, 0.5) is 38.1 Å². The number of urea groups is 1. The molecule has 0 aliphatic heterocycles. The molecule has 0 aliphatic carbocycles. The van der Waals surface area contributed by atoms with Crippen molar-refractivity contribution in [3.63, 3.8) is 0 Å². The summed E-state index contributed by atoms with van der Waals surface area (Å²) < 4.78 is 71.3. The minimum Gasteiger partial charge on any atom is -0.496 e. The van der Waals surface area contributed by atoms with Crippen molar-refractivity contribution in [2.75, 3.05) is 17.7 Å². The lowest BCUT2D eigenvalue weighted by atomic mass is 10.1. The molecule has 36 heavy (non-hydrogen) atoms. The largest absolute Gasteiger partial charge is 0.496 e. The van der Waals surface area contributed by atoms with Crippen LogP contribution in [0.1, 0.15) is 21.5 Å². The lowest BCUT2D eigenvalue weighted by molar-refractivity contribution is -0.139. The summed E-state index contributed by atoms with van der Waals surface area (Å²) in [7, 11) is 1.22. The summed E-state index contributed by atoms with van der Waals surface area (Å²) in [6.45, 7) is 0. The van der Waals surface area contributed by atoms with Gasteiger partial charge >= 0.3 is 12.2 Å². The zero-order chi connectivity index (χ0) is 26.6. The van der Waals surface area contributed by atoms with Crippen molar-refractivity contribution < 1.29 is 36.3 Å². The summed E-state index contributed by atoms with van der Waals surface area (Å²) in [5, 5.41) is 4.53. The summed E-state index contributed by atoms with van der Waals surface area (Å²) in [5.41, 5.74) is 3.59. The Bertz CT molecular complexity index is 1340. The minimum atomic E-state index is -4.95. The number of amides is 3. The number of ether oxygens (including phenoxy) is 1. The number of nitrogens with zero attached hydrogens (tertiary/aromatic N) is 1. The van der Waals surface area contributed by atoms with Gasteiger partial charge in [-0.05, 0) is 42.5 Å². The van der Waals surface area contributed by atoms with E-state index in [2.05, 4.69) is 15.6 Å². The first-order valence-electron chi connectivity index (χ1n) is 9.86. The molecule has 3 rings (SSSR count). The van der Waals surface area contributed by atoms with Gasteiger partial charge < -0.3 is 21.1 Å². The van der Waals surface area contributed by atoms with E-state index in [0.717, 1.165) is 12.1 Å². The average Bonchev–Trinajstić information content (AvgIpc) is 2.79. The summed E-state index contributed by atoms with van der Waals surface area (Å²) in [5.74, 6) is -3.66. The number of hydrogen-bond donors (Lipinski definition) is 3. The standard InChI is InChI=1S/C23H16ClF5N4O3/c1-36-18-10-12(32-22(35)33-20(30)19-15(24)3-2-4-17(19)26)5-7-13(18)21(34)31-11-6-8-16(25)14(9-11)23(27,28)29/h2-10H,1H3,(H,31,34)(H3,30,32,33,35). The highest BCUT2D eigenvalue weighted by molar-refractivity contribution is 6.34. The van der Waals surface area contributed by atoms with E-state index in [9.17, 15) is 31.5 Å².